The first-order valence-electron chi connectivity index (χ1n) is 17.7. The Morgan fingerprint density at radius 1 is 0.915 bits per heavy atom. The summed E-state index contributed by atoms with van der Waals surface area (Å²) in [4.78, 5) is 110. The first-order chi connectivity index (χ1) is 27.5. The third-order valence-corrected chi connectivity index (χ3v) is 14.1. The van der Waals surface area contributed by atoms with E-state index in [0.717, 1.165) is 28.0 Å². The molecule has 3 aromatic rings. The number of ether oxygens (including phenoxy) is 1. The minimum atomic E-state index is -5.23. The number of hydrogen-bond acceptors (Lipinski definition) is 12. The Balaban J connectivity index is 1.24. The average Bonchev–Trinajstić information content (AvgIpc) is 3.59. The number of ketones is 1. The van der Waals surface area contributed by atoms with E-state index in [0.29, 0.717) is 6.07 Å². The average molecular weight is 869 g/mol. The summed E-state index contributed by atoms with van der Waals surface area (Å²) >= 11 is 0. The van der Waals surface area contributed by atoms with Crippen LogP contribution in [0.3, 0.4) is 0 Å². The number of benzene rings is 2. The van der Waals surface area contributed by atoms with Crippen molar-refractivity contribution in [2.24, 2.45) is 23.5 Å². The van der Waals surface area contributed by atoms with Gasteiger partial charge in [0.2, 0.25) is 11.8 Å². The van der Waals surface area contributed by atoms with Gasteiger partial charge < -0.3 is 45.0 Å². The number of aromatic nitrogens is 1. The minimum Gasteiger partial charge on any atom is -0.481 e. The van der Waals surface area contributed by atoms with Crippen LogP contribution in [-0.2, 0) is 29.9 Å². The van der Waals surface area contributed by atoms with Crippen molar-refractivity contribution in [3.8, 4) is 5.75 Å². The Labute approximate surface area is 332 Å². The van der Waals surface area contributed by atoms with Crippen LogP contribution in [-0.4, -0.2) is 107 Å². The SMILES string of the molecule is C[C@H](N)C(=O)NC(=O)[C@H](C)N(C(=O)Oc1ccc(CC(P(=O)(O)O)P(=O)(O)O)cc1)[C@H]1[C@@H]2CN(c3nc4c(cc3F)C(=O)C(C(=O)O)CN4c3ccc(F)cc3F)C[C@@H]21. The number of pyridine rings is 1. The number of fused-ring (bicyclic) bond motifs is 2. The fraction of sp³-hybridized carbons (Fsp3) is 0.371. The lowest BCUT2D eigenvalue weighted by Gasteiger charge is -2.34. The lowest BCUT2D eigenvalue weighted by atomic mass is 9.92. The fourth-order valence-electron chi connectivity index (χ4n) is 7.30. The number of carboxylic acids is 1. The van der Waals surface area contributed by atoms with E-state index in [9.17, 15) is 62.2 Å². The van der Waals surface area contributed by atoms with Crippen LogP contribution in [0.4, 0.5) is 35.3 Å². The van der Waals surface area contributed by atoms with Gasteiger partial charge in [0.1, 0.15) is 35.2 Å². The Morgan fingerprint density at radius 2 is 1.53 bits per heavy atom. The number of nitrogens with zero attached hydrogens (tertiary/aromatic N) is 4. The number of halogens is 3. The van der Waals surface area contributed by atoms with E-state index in [2.05, 4.69) is 10.3 Å². The van der Waals surface area contributed by atoms with Gasteiger partial charge in [0, 0.05) is 43.6 Å². The van der Waals surface area contributed by atoms with E-state index in [4.69, 9.17) is 10.5 Å². The maximum Gasteiger partial charge on any atom is 0.416 e. The minimum absolute atomic E-state index is 0.0144. The van der Waals surface area contributed by atoms with E-state index < -0.39 is 122 Å². The van der Waals surface area contributed by atoms with Crippen LogP contribution < -0.4 is 25.6 Å². The van der Waals surface area contributed by atoms with Crippen molar-refractivity contribution in [1.82, 2.24) is 15.2 Å². The molecule has 2 fully saturated rings. The number of carbonyl (C=O) groups excluding carboxylic acids is 4. The fourth-order valence-corrected chi connectivity index (χ4v) is 9.76. The Kier molecular flexibility index (Phi) is 11.8. The number of carbonyl (C=O) groups is 5. The van der Waals surface area contributed by atoms with Gasteiger partial charge in [-0.3, -0.25) is 38.5 Å². The second-order valence-electron chi connectivity index (χ2n) is 14.4. The molecule has 3 heterocycles. The molecule has 24 heteroatoms. The van der Waals surface area contributed by atoms with Crippen LogP contribution in [0.25, 0.3) is 0 Å². The first-order valence-corrected chi connectivity index (χ1v) is 21.1. The van der Waals surface area contributed by atoms with Gasteiger partial charge in [-0.05, 0) is 56.2 Å². The van der Waals surface area contributed by atoms with E-state index in [-0.39, 0.29) is 41.7 Å². The Bertz CT molecular complexity index is 2290. The third-order valence-electron chi connectivity index (χ3n) is 10.4. The lowest BCUT2D eigenvalue weighted by Crippen LogP contribution is -2.54. The number of piperidine rings is 1. The second-order valence-corrected chi connectivity index (χ2v) is 18.5. The van der Waals surface area contributed by atoms with Gasteiger partial charge in [-0.15, -0.1) is 0 Å². The molecule has 2 aliphatic heterocycles. The highest BCUT2D eigenvalue weighted by molar-refractivity contribution is 7.70. The van der Waals surface area contributed by atoms with Crippen molar-refractivity contribution in [1.29, 1.82) is 0 Å². The number of carboxylic acid groups (broad SMARTS) is 1. The van der Waals surface area contributed by atoms with Crippen molar-refractivity contribution in [3.63, 3.8) is 0 Å². The van der Waals surface area contributed by atoms with Gasteiger partial charge in [-0.1, -0.05) is 12.1 Å². The normalized spacial score (nSPS) is 21.0. The van der Waals surface area contributed by atoms with Crippen molar-refractivity contribution in [2.75, 3.05) is 29.4 Å². The monoisotopic (exact) mass is 868 g/mol. The van der Waals surface area contributed by atoms with Gasteiger partial charge in [0.15, 0.2) is 22.8 Å². The van der Waals surface area contributed by atoms with Crippen molar-refractivity contribution < 1.29 is 75.7 Å². The van der Waals surface area contributed by atoms with Crippen LogP contribution in [0.15, 0.2) is 48.5 Å². The second kappa shape index (κ2) is 16.1. The Hall–Kier alpha value is -5.21. The molecule has 2 aromatic carbocycles. The number of nitrogens with one attached hydrogen (secondary N) is 1. The summed E-state index contributed by atoms with van der Waals surface area (Å²) in [5.41, 5.74) is 4.91. The number of amides is 3. The number of hydrogen-bond donors (Lipinski definition) is 7. The van der Waals surface area contributed by atoms with E-state index >= 15 is 8.78 Å². The molecular formula is C35H37F3N6O13P2. The van der Waals surface area contributed by atoms with Gasteiger partial charge in [0.05, 0.1) is 17.3 Å². The van der Waals surface area contributed by atoms with Crippen molar-refractivity contribution in [3.05, 3.63) is 77.1 Å². The van der Waals surface area contributed by atoms with Gasteiger partial charge in [-0.25, -0.2) is 22.9 Å². The zero-order valence-corrected chi connectivity index (χ0v) is 32.7. The maximum atomic E-state index is 15.8. The highest BCUT2D eigenvalue weighted by Gasteiger charge is 2.62. The smallest absolute Gasteiger partial charge is 0.416 e. The van der Waals surface area contributed by atoms with Gasteiger partial charge in [-0.2, -0.15) is 0 Å². The van der Waals surface area contributed by atoms with Crippen LogP contribution in [0.5, 0.6) is 5.75 Å². The predicted octanol–water partition coefficient (Wildman–Crippen LogP) is 2.07. The maximum absolute atomic E-state index is 15.8. The van der Waals surface area contributed by atoms with Crippen LogP contribution in [0, 0.1) is 35.2 Å². The molecule has 3 aliphatic rings. The number of rotatable bonds is 12. The number of nitrogens with two attached hydrogens (primary N) is 1. The van der Waals surface area contributed by atoms with Crippen molar-refractivity contribution >= 4 is 62.2 Å². The van der Waals surface area contributed by atoms with E-state index in [1.165, 1.54) is 43.0 Å². The van der Waals surface area contributed by atoms with Crippen LogP contribution in [0.1, 0.15) is 29.8 Å². The molecule has 6 atom stereocenters. The number of imide groups is 1. The molecule has 0 spiro atoms. The van der Waals surface area contributed by atoms with Crippen molar-refractivity contribution in [2.45, 2.75) is 43.8 Å². The topological polar surface area (TPSA) is 291 Å². The first kappa shape index (κ1) is 43.4. The molecule has 8 N–H and O–H groups in total. The molecule has 59 heavy (non-hydrogen) atoms. The molecule has 6 rings (SSSR count). The summed E-state index contributed by atoms with van der Waals surface area (Å²) in [6, 6.07) is 4.93. The molecule has 1 saturated carbocycles. The van der Waals surface area contributed by atoms with Gasteiger partial charge >= 0.3 is 27.3 Å². The zero-order valence-electron chi connectivity index (χ0n) is 30.9. The summed E-state index contributed by atoms with van der Waals surface area (Å²) in [6.45, 7) is 2.08. The van der Waals surface area contributed by atoms with E-state index in [1.807, 2.05) is 0 Å². The summed E-state index contributed by atoms with van der Waals surface area (Å²) < 4.78 is 73.6. The third kappa shape index (κ3) is 8.89. The highest BCUT2D eigenvalue weighted by atomic mass is 31.2. The summed E-state index contributed by atoms with van der Waals surface area (Å²) in [7, 11) is -10.5. The van der Waals surface area contributed by atoms with Crippen LogP contribution in [0.2, 0.25) is 0 Å². The molecule has 316 valence electrons. The molecule has 1 unspecified atom stereocenters. The zero-order chi connectivity index (χ0) is 43.5. The summed E-state index contributed by atoms with van der Waals surface area (Å²) in [5, 5.41) is 9.51. The number of anilines is 3. The molecule has 0 radical (unpaired) electrons. The standard InChI is InChI=1S/C35H37F3N6O13P2/c1-15(39)32(46)41-33(47)16(2)44(35(50)57-19-6-3-17(4-7-19)9-27(58(51,52)53)59(54,55)56)28-21-12-42(13-22(21)28)31-25(38)11-20-29(45)23(34(48)49)14-43(30(20)40-31)26-8-5-18(36)10-24(26)37/h3-8,10-11,15-16,21-23,27-28H,9,12-14,39H2,1-2H3,(H,48,49)(H,41,46,47)(H2,51,52,53)(H2,54,55,56)/t15-,16-,21-,22+,23?,28+/m0/s1. The van der Waals surface area contributed by atoms with E-state index in [1.54, 1.807) is 0 Å². The lowest BCUT2D eigenvalue weighted by molar-refractivity contribution is -0.139. The quantitative estimate of drug-likeness (QED) is 0.101. The molecule has 0 bridgehead atoms. The number of Topliss-reactive ketones (excluding diaryl/α,β-unsaturated/α-hetero) is 1. The molecular weight excluding hydrogens is 831 g/mol. The van der Waals surface area contributed by atoms with Crippen LogP contribution >= 0.6 is 15.2 Å². The Morgan fingerprint density at radius 3 is 2.07 bits per heavy atom. The summed E-state index contributed by atoms with van der Waals surface area (Å²) in [6.07, 6.45) is -1.80. The molecule has 3 amide bonds. The largest absolute Gasteiger partial charge is 0.481 e. The molecule has 1 saturated heterocycles. The highest BCUT2D eigenvalue weighted by Crippen LogP contribution is 2.61. The molecule has 1 aliphatic carbocycles. The predicted molar refractivity (Wildman–Crippen MR) is 198 cm³/mol. The number of aliphatic carboxylic acids is 1. The van der Waals surface area contributed by atoms with Gasteiger partial charge in [0.25, 0.3) is 0 Å². The molecule has 19 nitrogen and oxygen atoms in total. The molecule has 1 aromatic heterocycles. The summed E-state index contributed by atoms with van der Waals surface area (Å²) in [5.74, 6) is -10.7.